The van der Waals surface area contributed by atoms with Crippen molar-refractivity contribution in [1.82, 2.24) is 0 Å². The van der Waals surface area contributed by atoms with Gasteiger partial charge >= 0.3 is 0 Å². The smallest absolute Gasteiger partial charge is 0.224 e. The van der Waals surface area contributed by atoms with Crippen LogP contribution in [0.4, 0.5) is 5.69 Å². The Kier molecular flexibility index (Phi) is 7.17. The molecule has 5 heteroatoms. The van der Waals surface area contributed by atoms with E-state index in [9.17, 15) is 4.79 Å². The van der Waals surface area contributed by atoms with Crippen molar-refractivity contribution in [2.45, 2.75) is 40.0 Å². The summed E-state index contributed by atoms with van der Waals surface area (Å²) in [6, 6.07) is 5.36. The minimum Gasteiger partial charge on any atom is -0.330 e. The van der Waals surface area contributed by atoms with Gasteiger partial charge < -0.3 is 11.1 Å². The van der Waals surface area contributed by atoms with Crippen LogP contribution in [0.3, 0.4) is 0 Å². The van der Waals surface area contributed by atoms with Gasteiger partial charge in [0.05, 0.1) is 5.02 Å². The monoisotopic (exact) mass is 374 g/mol. The summed E-state index contributed by atoms with van der Waals surface area (Å²) >= 11 is 9.28. The van der Waals surface area contributed by atoms with Gasteiger partial charge in [0.25, 0.3) is 0 Å². The van der Waals surface area contributed by atoms with Crippen LogP contribution in [-0.4, -0.2) is 12.5 Å². The molecule has 0 aromatic heterocycles. The predicted octanol–water partition coefficient (Wildman–Crippen LogP) is 4.83. The van der Waals surface area contributed by atoms with Gasteiger partial charge in [0, 0.05) is 16.6 Å². The standard InChI is InChI=1S/C16H24BrClN2O/c1-16(2,3)11(8-9-19)4-7-15(21)20-12-5-6-14(18)13(17)10-12/h5-6,10-11H,4,7-9,19H2,1-3H3,(H,20,21). The van der Waals surface area contributed by atoms with Crippen molar-refractivity contribution in [2.75, 3.05) is 11.9 Å². The molecule has 0 radical (unpaired) electrons. The van der Waals surface area contributed by atoms with E-state index in [1.807, 2.05) is 0 Å². The summed E-state index contributed by atoms with van der Waals surface area (Å²) < 4.78 is 0.776. The molecule has 1 aromatic rings. The van der Waals surface area contributed by atoms with Crippen molar-refractivity contribution in [3.05, 3.63) is 27.7 Å². The second-order valence-electron chi connectivity index (χ2n) is 6.36. The van der Waals surface area contributed by atoms with E-state index in [0.717, 1.165) is 23.0 Å². The van der Waals surface area contributed by atoms with Crippen molar-refractivity contribution >= 4 is 39.1 Å². The molecule has 3 N–H and O–H groups in total. The average Bonchev–Trinajstić information content (AvgIpc) is 2.37. The molecule has 118 valence electrons. The molecule has 0 saturated carbocycles. The number of nitrogens with one attached hydrogen (secondary N) is 1. The number of anilines is 1. The van der Waals surface area contributed by atoms with Crippen LogP contribution in [0.25, 0.3) is 0 Å². The number of hydrogen-bond donors (Lipinski definition) is 2. The number of rotatable bonds is 6. The lowest BCUT2D eigenvalue weighted by atomic mass is 9.76. The first kappa shape index (κ1) is 18.5. The Balaban J connectivity index is 2.54. The topological polar surface area (TPSA) is 55.1 Å². The zero-order valence-corrected chi connectivity index (χ0v) is 15.2. The Labute approximate surface area is 140 Å². The molecule has 1 rings (SSSR count). The van der Waals surface area contributed by atoms with E-state index in [-0.39, 0.29) is 11.3 Å². The van der Waals surface area contributed by atoms with Crippen LogP contribution in [0.15, 0.2) is 22.7 Å². The summed E-state index contributed by atoms with van der Waals surface area (Å²) in [7, 11) is 0. The summed E-state index contributed by atoms with van der Waals surface area (Å²) in [6.07, 6.45) is 2.30. The lowest BCUT2D eigenvalue weighted by Crippen LogP contribution is -2.25. The SMILES string of the molecule is CC(C)(C)C(CCN)CCC(=O)Nc1ccc(Cl)c(Br)c1. The highest BCUT2D eigenvalue weighted by molar-refractivity contribution is 9.10. The first-order valence-electron chi connectivity index (χ1n) is 7.19. The van der Waals surface area contributed by atoms with Crippen molar-refractivity contribution in [2.24, 2.45) is 17.1 Å². The van der Waals surface area contributed by atoms with E-state index in [0.29, 0.717) is 23.9 Å². The summed E-state index contributed by atoms with van der Waals surface area (Å²) in [4.78, 5) is 12.1. The molecule has 0 aliphatic rings. The normalized spacial score (nSPS) is 13.0. The third-order valence-electron chi connectivity index (χ3n) is 3.66. The van der Waals surface area contributed by atoms with E-state index in [1.165, 1.54) is 0 Å². The van der Waals surface area contributed by atoms with Gasteiger partial charge in [-0.1, -0.05) is 32.4 Å². The molecule has 0 heterocycles. The molecule has 1 aromatic carbocycles. The Hall–Kier alpha value is -0.580. The van der Waals surface area contributed by atoms with Crippen LogP contribution in [-0.2, 0) is 4.79 Å². The molecule has 1 unspecified atom stereocenters. The number of hydrogen-bond acceptors (Lipinski definition) is 2. The number of amides is 1. The highest BCUT2D eigenvalue weighted by Crippen LogP contribution is 2.32. The molecule has 3 nitrogen and oxygen atoms in total. The summed E-state index contributed by atoms with van der Waals surface area (Å²) in [5.74, 6) is 0.473. The van der Waals surface area contributed by atoms with Crippen molar-refractivity contribution < 1.29 is 4.79 Å². The molecule has 0 saturated heterocycles. The third kappa shape index (κ3) is 6.37. The zero-order chi connectivity index (χ0) is 16.0. The minimum absolute atomic E-state index is 0.0236. The number of carbonyl (C=O) groups excluding carboxylic acids is 1. The van der Waals surface area contributed by atoms with E-state index >= 15 is 0 Å². The third-order valence-corrected chi connectivity index (χ3v) is 4.88. The predicted molar refractivity (Wildman–Crippen MR) is 93.6 cm³/mol. The maximum Gasteiger partial charge on any atom is 0.224 e. The molecule has 1 atom stereocenters. The molecule has 0 bridgehead atoms. The summed E-state index contributed by atoms with van der Waals surface area (Å²) in [5, 5.41) is 3.53. The highest BCUT2D eigenvalue weighted by atomic mass is 79.9. The van der Waals surface area contributed by atoms with Gasteiger partial charge in [-0.3, -0.25) is 4.79 Å². The molecule has 0 aliphatic heterocycles. The number of nitrogens with two attached hydrogens (primary N) is 1. The van der Waals surface area contributed by atoms with E-state index in [2.05, 4.69) is 42.0 Å². The van der Waals surface area contributed by atoms with Crippen LogP contribution < -0.4 is 11.1 Å². The van der Waals surface area contributed by atoms with Gasteiger partial charge in [-0.2, -0.15) is 0 Å². The maximum atomic E-state index is 12.1. The fourth-order valence-electron chi connectivity index (χ4n) is 2.31. The van der Waals surface area contributed by atoms with Gasteiger partial charge in [0.2, 0.25) is 5.91 Å². The second kappa shape index (κ2) is 8.16. The fourth-order valence-corrected chi connectivity index (χ4v) is 2.81. The molecule has 0 spiro atoms. The number of benzene rings is 1. The van der Waals surface area contributed by atoms with Crippen molar-refractivity contribution in [3.8, 4) is 0 Å². The van der Waals surface area contributed by atoms with E-state index in [4.69, 9.17) is 17.3 Å². The van der Waals surface area contributed by atoms with Gasteiger partial charge in [-0.25, -0.2) is 0 Å². The van der Waals surface area contributed by atoms with Gasteiger partial charge in [-0.15, -0.1) is 0 Å². The zero-order valence-electron chi connectivity index (χ0n) is 12.9. The summed E-state index contributed by atoms with van der Waals surface area (Å²) in [5.41, 5.74) is 6.59. The van der Waals surface area contributed by atoms with Crippen LogP contribution in [0.2, 0.25) is 5.02 Å². The van der Waals surface area contributed by atoms with Gasteiger partial charge in [-0.05, 0) is 64.8 Å². The Morgan fingerprint density at radius 2 is 2.05 bits per heavy atom. The fraction of sp³-hybridized carbons (Fsp3) is 0.562. The number of carbonyl (C=O) groups is 1. The number of halogens is 2. The van der Waals surface area contributed by atoms with Gasteiger partial charge in [0.15, 0.2) is 0 Å². The van der Waals surface area contributed by atoms with Crippen LogP contribution in [0, 0.1) is 11.3 Å². The van der Waals surface area contributed by atoms with E-state index < -0.39 is 0 Å². The molecule has 0 fully saturated rings. The van der Waals surface area contributed by atoms with Crippen LogP contribution in [0.5, 0.6) is 0 Å². The van der Waals surface area contributed by atoms with Crippen LogP contribution >= 0.6 is 27.5 Å². The molecule has 1 amide bonds. The largest absolute Gasteiger partial charge is 0.330 e. The second-order valence-corrected chi connectivity index (χ2v) is 7.62. The highest BCUT2D eigenvalue weighted by Gasteiger charge is 2.24. The minimum atomic E-state index is 0.0236. The van der Waals surface area contributed by atoms with Crippen LogP contribution in [0.1, 0.15) is 40.0 Å². The molecular formula is C16H24BrClN2O. The molecular weight excluding hydrogens is 352 g/mol. The van der Waals surface area contributed by atoms with E-state index in [1.54, 1.807) is 18.2 Å². The maximum absolute atomic E-state index is 12.1. The quantitative estimate of drug-likeness (QED) is 0.748. The van der Waals surface area contributed by atoms with Crippen molar-refractivity contribution in [3.63, 3.8) is 0 Å². The molecule has 21 heavy (non-hydrogen) atoms. The average molecular weight is 376 g/mol. The Bertz CT molecular complexity index is 486. The Morgan fingerprint density at radius 3 is 2.57 bits per heavy atom. The summed E-state index contributed by atoms with van der Waals surface area (Å²) in [6.45, 7) is 7.25. The van der Waals surface area contributed by atoms with Crippen molar-refractivity contribution in [1.29, 1.82) is 0 Å². The first-order valence-corrected chi connectivity index (χ1v) is 8.36. The van der Waals surface area contributed by atoms with Gasteiger partial charge in [0.1, 0.15) is 0 Å². The first-order chi connectivity index (χ1) is 9.74. The lowest BCUT2D eigenvalue weighted by Gasteiger charge is -2.30. The molecule has 0 aliphatic carbocycles. The lowest BCUT2D eigenvalue weighted by molar-refractivity contribution is -0.116. The Morgan fingerprint density at radius 1 is 1.38 bits per heavy atom.